The van der Waals surface area contributed by atoms with Crippen molar-refractivity contribution in [3.63, 3.8) is 0 Å². The van der Waals surface area contributed by atoms with Crippen molar-refractivity contribution in [2.75, 3.05) is 11.9 Å². The van der Waals surface area contributed by atoms with Crippen LogP contribution in [-0.4, -0.2) is 31.2 Å². The average Bonchev–Trinajstić information content (AvgIpc) is 3.06. The Morgan fingerprint density at radius 1 is 1.24 bits per heavy atom. The summed E-state index contributed by atoms with van der Waals surface area (Å²) in [7, 11) is 0. The standard InChI is InChI=1S/C14H22N6S/c1-4-19-8-12(6-16-19)9-20-10-13(7-17-20)18-14(21)15-5-11(2)3/h6-8,10-11H,4-5,9H2,1-3H3,(H2,15,18,21). The first kappa shape index (κ1) is 15.5. The van der Waals surface area contributed by atoms with Crippen molar-refractivity contribution in [2.24, 2.45) is 5.92 Å². The largest absolute Gasteiger partial charge is 0.362 e. The van der Waals surface area contributed by atoms with Crippen LogP contribution in [0.15, 0.2) is 24.8 Å². The van der Waals surface area contributed by atoms with Gasteiger partial charge in [0.2, 0.25) is 0 Å². The van der Waals surface area contributed by atoms with E-state index in [0.717, 1.165) is 24.3 Å². The number of aromatic nitrogens is 4. The first-order valence-corrected chi connectivity index (χ1v) is 7.56. The molecular formula is C14H22N6S. The second kappa shape index (κ2) is 7.21. The van der Waals surface area contributed by atoms with Gasteiger partial charge in [0.1, 0.15) is 0 Å². The molecule has 0 aliphatic heterocycles. The van der Waals surface area contributed by atoms with Crippen LogP contribution in [0.25, 0.3) is 0 Å². The molecule has 6 nitrogen and oxygen atoms in total. The lowest BCUT2D eigenvalue weighted by Gasteiger charge is -2.10. The van der Waals surface area contributed by atoms with Crippen LogP contribution in [0, 0.1) is 5.92 Å². The van der Waals surface area contributed by atoms with Gasteiger partial charge in [-0.05, 0) is 25.1 Å². The van der Waals surface area contributed by atoms with Crippen molar-refractivity contribution in [3.05, 3.63) is 30.4 Å². The summed E-state index contributed by atoms with van der Waals surface area (Å²) in [6, 6.07) is 0. The highest BCUT2D eigenvalue weighted by atomic mass is 32.1. The number of thiocarbonyl (C=S) groups is 1. The van der Waals surface area contributed by atoms with E-state index in [1.807, 2.05) is 28.0 Å². The molecule has 0 bridgehead atoms. The monoisotopic (exact) mass is 306 g/mol. The zero-order valence-electron chi connectivity index (χ0n) is 12.7. The predicted molar refractivity (Wildman–Crippen MR) is 88.3 cm³/mol. The molecule has 114 valence electrons. The van der Waals surface area contributed by atoms with Crippen LogP contribution in [0.2, 0.25) is 0 Å². The Labute approximate surface area is 130 Å². The molecule has 7 heteroatoms. The Morgan fingerprint density at radius 3 is 2.67 bits per heavy atom. The molecule has 0 saturated heterocycles. The smallest absolute Gasteiger partial charge is 0.170 e. The molecule has 0 aliphatic carbocycles. The van der Waals surface area contributed by atoms with E-state index in [4.69, 9.17) is 12.2 Å². The molecule has 0 unspecified atom stereocenters. The minimum absolute atomic E-state index is 0.558. The van der Waals surface area contributed by atoms with E-state index in [0.29, 0.717) is 17.6 Å². The quantitative estimate of drug-likeness (QED) is 0.800. The van der Waals surface area contributed by atoms with Crippen molar-refractivity contribution in [2.45, 2.75) is 33.9 Å². The lowest BCUT2D eigenvalue weighted by atomic mass is 10.2. The zero-order valence-corrected chi connectivity index (χ0v) is 13.5. The summed E-state index contributed by atoms with van der Waals surface area (Å²) in [6.45, 7) is 8.79. The minimum Gasteiger partial charge on any atom is -0.362 e. The molecule has 0 radical (unpaired) electrons. The predicted octanol–water partition coefficient (Wildman–Crippen LogP) is 2.09. The fourth-order valence-electron chi connectivity index (χ4n) is 1.83. The molecular weight excluding hydrogens is 284 g/mol. The summed E-state index contributed by atoms with van der Waals surface area (Å²) in [4.78, 5) is 0. The van der Waals surface area contributed by atoms with Gasteiger partial charge in [0.05, 0.1) is 24.6 Å². The molecule has 2 heterocycles. The van der Waals surface area contributed by atoms with Crippen molar-refractivity contribution < 1.29 is 0 Å². The summed E-state index contributed by atoms with van der Waals surface area (Å²) >= 11 is 5.24. The van der Waals surface area contributed by atoms with Crippen LogP contribution in [-0.2, 0) is 13.1 Å². The molecule has 0 aliphatic rings. The van der Waals surface area contributed by atoms with Gasteiger partial charge in [0, 0.05) is 31.0 Å². The molecule has 0 spiro atoms. The number of aryl methyl sites for hydroxylation is 1. The fourth-order valence-corrected chi connectivity index (χ4v) is 2.04. The maximum Gasteiger partial charge on any atom is 0.170 e. The van der Waals surface area contributed by atoms with Crippen molar-refractivity contribution in [1.82, 2.24) is 24.9 Å². The number of nitrogens with one attached hydrogen (secondary N) is 2. The van der Waals surface area contributed by atoms with E-state index < -0.39 is 0 Å². The normalized spacial score (nSPS) is 10.9. The van der Waals surface area contributed by atoms with Crippen molar-refractivity contribution >= 4 is 23.0 Å². The number of nitrogens with zero attached hydrogens (tertiary/aromatic N) is 4. The van der Waals surface area contributed by atoms with Gasteiger partial charge in [-0.3, -0.25) is 9.36 Å². The molecule has 21 heavy (non-hydrogen) atoms. The highest BCUT2D eigenvalue weighted by Crippen LogP contribution is 2.07. The van der Waals surface area contributed by atoms with Crippen LogP contribution in [0.5, 0.6) is 0 Å². The molecule has 0 aromatic carbocycles. The zero-order chi connectivity index (χ0) is 15.2. The minimum atomic E-state index is 0.558. The summed E-state index contributed by atoms with van der Waals surface area (Å²) < 4.78 is 3.77. The fraction of sp³-hybridized carbons (Fsp3) is 0.500. The SMILES string of the molecule is CCn1cc(Cn2cc(NC(=S)NCC(C)C)cn2)cn1. The molecule has 2 aromatic heterocycles. The molecule has 2 N–H and O–H groups in total. The Bertz CT molecular complexity index is 586. The van der Waals surface area contributed by atoms with E-state index in [-0.39, 0.29) is 0 Å². The third kappa shape index (κ3) is 4.86. The Kier molecular flexibility index (Phi) is 5.32. The lowest BCUT2D eigenvalue weighted by molar-refractivity contribution is 0.627. The second-order valence-corrected chi connectivity index (χ2v) is 5.77. The van der Waals surface area contributed by atoms with E-state index in [1.54, 1.807) is 6.20 Å². The third-order valence-corrected chi connectivity index (χ3v) is 3.16. The van der Waals surface area contributed by atoms with Gasteiger partial charge in [0.25, 0.3) is 0 Å². The average molecular weight is 306 g/mol. The van der Waals surface area contributed by atoms with Crippen LogP contribution in [0.3, 0.4) is 0 Å². The van der Waals surface area contributed by atoms with E-state index >= 15 is 0 Å². The van der Waals surface area contributed by atoms with Gasteiger partial charge in [-0.15, -0.1) is 0 Å². The maximum absolute atomic E-state index is 5.24. The first-order chi connectivity index (χ1) is 10.1. The molecule has 2 aromatic rings. The lowest BCUT2D eigenvalue weighted by Crippen LogP contribution is -2.31. The van der Waals surface area contributed by atoms with Gasteiger partial charge >= 0.3 is 0 Å². The molecule has 0 saturated carbocycles. The number of hydrogen-bond acceptors (Lipinski definition) is 3. The van der Waals surface area contributed by atoms with E-state index in [9.17, 15) is 0 Å². The summed E-state index contributed by atoms with van der Waals surface area (Å²) in [5.41, 5.74) is 2.02. The second-order valence-electron chi connectivity index (χ2n) is 5.36. The highest BCUT2D eigenvalue weighted by molar-refractivity contribution is 7.80. The Balaban J connectivity index is 1.87. The van der Waals surface area contributed by atoms with Crippen LogP contribution in [0.1, 0.15) is 26.3 Å². The molecule has 0 amide bonds. The number of hydrogen-bond donors (Lipinski definition) is 2. The van der Waals surface area contributed by atoms with Crippen LogP contribution in [0.4, 0.5) is 5.69 Å². The molecule has 2 rings (SSSR count). The summed E-state index contributed by atoms with van der Waals surface area (Å²) in [5.74, 6) is 0.558. The maximum atomic E-state index is 5.24. The van der Waals surface area contributed by atoms with Gasteiger partial charge in [-0.2, -0.15) is 10.2 Å². The number of rotatable bonds is 6. The van der Waals surface area contributed by atoms with Crippen LogP contribution < -0.4 is 10.6 Å². The third-order valence-electron chi connectivity index (χ3n) is 2.92. The van der Waals surface area contributed by atoms with E-state index in [2.05, 4.69) is 41.6 Å². The summed E-state index contributed by atoms with van der Waals surface area (Å²) in [6.07, 6.45) is 7.61. The van der Waals surface area contributed by atoms with Gasteiger partial charge < -0.3 is 10.6 Å². The molecule has 0 atom stereocenters. The van der Waals surface area contributed by atoms with Gasteiger partial charge in [-0.1, -0.05) is 13.8 Å². The van der Waals surface area contributed by atoms with Crippen LogP contribution >= 0.6 is 12.2 Å². The Morgan fingerprint density at radius 2 is 2.00 bits per heavy atom. The van der Waals surface area contributed by atoms with Gasteiger partial charge in [-0.25, -0.2) is 0 Å². The van der Waals surface area contributed by atoms with Crippen molar-refractivity contribution in [3.8, 4) is 0 Å². The first-order valence-electron chi connectivity index (χ1n) is 7.15. The summed E-state index contributed by atoms with van der Waals surface area (Å²) in [5, 5.41) is 15.5. The van der Waals surface area contributed by atoms with Crippen molar-refractivity contribution in [1.29, 1.82) is 0 Å². The molecule has 0 fully saturated rings. The van der Waals surface area contributed by atoms with E-state index in [1.165, 1.54) is 0 Å². The Hall–Kier alpha value is -1.89. The topological polar surface area (TPSA) is 59.7 Å². The van der Waals surface area contributed by atoms with Gasteiger partial charge in [0.15, 0.2) is 5.11 Å². The highest BCUT2D eigenvalue weighted by Gasteiger charge is 2.04. The number of anilines is 1.